The highest BCUT2D eigenvalue weighted by Gasteiger charge is 2.28. The smallest absolute Gasteiger partial charge is 0.339 e. The fourth-order valence-corrected chi connectivity index (χ4v) is 3.68. The van der Waals surface area contributed by atoms with E-state index in [-0.39, 0.29) is 12.6 Å². The number of carbonyl (C=O) groups is 1. The number of esters is 1. The third-order valence-corrected chi connectivity index (χ3v) is 5.18. The molecule has 0 saturated carbocycles. The van der Waals surface area contributed by atoms with Gasteiger partial charge < -0.3 is 14.4 Å². The number of aromatic nitrogens is 5. The number of anilines is 1. The van der Waals surface area contributed by atoms with Gasteiger partial charge in [0.2, 0.25) is 5.88 Å². The van der Waals surface area contributed by atoms with Gasteiger partial charge in [-0.2, -0.15) is 14.6 Å². The predicted molar refractivity (Wildman–Crippen MR) is 112 cm³/mol. The van der Waals surface area contributed by atoms with Crippen LogP contribution in [0, 0.1) is 0 Å². The molecular weight excluding hydrogens is 396 g/mol. The third kappa shape index (κ3) is 4.02. The van der Waals surface area contributed by atoms with Crippen LogP contribution in [-0.4, -0.2) is 49.7 Å². The Hall–Kier alpha value is -4.01. The zero-order valence-electron chi connectivity index (χ0n) is 16.7. The molecule has 9 nitrogen and oxygen atoms in total. The number of fused-ring (bicyclic) bond motifs is 1. The molecule has 156 valence electrons. The number of benzene rings is 1. The monoisotopic (exact) mass is 416 g/mol. The van der Waals surface area contributed by atoms with Crippen LogP contribution in [0.15, 0.2) is 67.3 Å². The van der Waals surface area contributed by atoms with Gasteiger partial charge >= 0.3 is 5.97 Å². The van der Waals surface area contributed by atoms with E-state index in [2.05, 4.69) is 25.0 Å². The zero-order chi connectivity index (χ0) is 21.0. The summed E-state index contributed by atoms with van der Waals surface area (Å²) in [6.07, 6.45) is 6.59. The SMILES string of the molecule is O=C(OCC1CCCN1c1ccnc2ncnn12)c1ccc(Oc2ccccc2)nc1. The molecule has 31 heavy (non-hydrogen) atoms. The van der Waals surface area contributed by atoms with Crippen molar-refractivity contribution in [3.05, 3.63) is 72.8 Å². The molecule has 1 saturated heterocycles. The van der Waals surface area contributed by atoms with E-state index < -0.39 is 5.97 Å². The van der Waals surface area contributed by atoms with Crippen molar-refractivity contribution in [1.29, 1.82) is 0 Å². The van der Waals surface area contributed by atoms with E-state index in [1.165, 1.54) is 12.5 Å². The van der Waals surface area contributed by atoms with Crippen LogP contribution in [-0.2, 0) is 4.74 Å². The van der Waals surface area contributed by atoms with Gasteiger partial charge in [0.25, 0.3) is 5.78 Å². The summed E-state index contributed by atoms with van der Waals surface area (Å²) in [5, 5.41) is 4.25. The van der Waals surface area contributed by atoms with Crippen molar-refractivity contribution in [2.45, 2.75) is 18.9 Å². The summed E-state index contributed by atoms with van der Waals surface area (Å²) in [7, 11) is 0. The standard InChI is InChI=1S/C22H20N6O3/c29-21(16-8-9-19(24-13-16)31-18-6-2-1-3-7-18)30-14-17-5-4-12-27(17)20-10-11-23-22-25-15-26-28(20)22/h1-3,6-11,13,15,17H,4-5,12,14H2. The highest BCUT2D eigenvalue weighted by Crippen LogP contribution is 2.25. The molecule has 3 aromatic heterocycles. The Balaban J connectivity index is 1.22. The van der Waals surface area contributed by atoms with E-state index in [4.69, 9.17) is 9.47 Å². The van der Waals surface area contributed by atoms with Gasteiger partial charge in [-0.05, 0) is 37.1 Å². The largest absolute Gasteiger partial charge is 0.460 e. The molecule has 1 unspecified atom stereocenters. The lowest BCUT2D eigenvalue weighted by Crippen LogP contribution is -2.35. The first-order valence-electron chi connectivity index (χ1n) is 10.1. The number of carbonyl (C=O) groups excluding carboxylic acids is 1. The number of hydrogen-bond acceptors (Lipinski definition) is 8. The molecule has 0 spiro atoms. The fraction of sp³-hybridized carbons (Fsp3) is 0.227. The van der Waals surface area contributed by atoms with Gasteiger partial charge in [-0.15, -0.1) is 0 Å². The molecule has 0 amide bonds. The Morgan fingerprint density at radius 3 is 2.81 bits per heavy atom. The molecule has 4 heterocycles. The van der Waals surface area contributed by atoms with Crippen molar-refractivity contribution in [2.24, 2.45) is 0 Å². The minimum atomic E-state index is -0.411. The molecule has 1 aromatic carbocycles. The molecule has 0 bridgehead atoms. The maximum Gasteiger partial charge on any atom is 0.339 e. The maximum atomic E-state index is 12.5. The van der Waals surface area contributed by atoms with E-state index in [1.54, 1.807) is 22.8 Å². The van der Waals surface area contributed by atoms with Crippen LogP contribution in [0.1, 0.15) is 23.2 Å². The summed E-state index contributed by atoms with van der Waals surface area (Å²) in [6, 6.07) is 14.6. The Labute approximate surface area is 178 Å². The van der Waals surface area contributed by atoms with Crippen molar-refractivity contribution in [3.8, 4) is 11.6 Å². The first-order chi connectivity index (χ1) is 15.3. The predicted octanol–water partition coefficient (Wildman–Crippen LogP) is 3.14. The van der Waals surface area contributed by atoms with Crippen LogP contribution in [0.2, 0.25) is 0 Å². The molecule has 0 aliphatic carbocycles. The summed E-state index contributed by atoms with van der Waals surface area (Å²) in [4.78, 5) is 27.3. The number of para-hydroxylation sites is 1. The molecule has 4 aromatic rings. The first-order valence-corrected chi connectivity index (χ1v) is 10.1. The zero-order valence-corrected chi connectivity index (χ0v) is 16.7. The number of nitrogens with zero attached hydrogens (tertiary/aromatic N) is 6. The lowest BCUT2D eigenvalue weighted by molar-refractivity contribution is 0.0482. The lowest BCUT2D eigenvalue weighted by Gasteiger charge is -2.26. The van der Waals surface area contributed by atoms with Crippen LogP contribution in [0.25, 0.3) is 5.78 Å². The molecule has 5 rings (SSSR count). The van der Waals surface area contributed by atoms with Crippen molar-refractivity contribution in [1.82, 2.24) is 24.6 Å². The van der Waals surface area contributed by atoms with E-state index in [1.807, 2.05) is 36.4 Å². The normalized spacial score (nSPS) is 15.9. The van der Waals surface area contributed by atoms with Gasteiger partial charge in [-0.3, -0.25) is 0 Å². The molecular formula is C22H20N6O3. The van der Waals surface area contributed by atoms with Gasteiger partial charge in [0.1, 0.15) is 24.5 Å². The molecule has 1 aliphatic rings. The average Bonchev–Trinajstić information content (AvgIpc) is 3.48. The van der Waals surface area contributed by atoms with Gasteiger partial charge in [0.15, 0.2) is 0 Å². The average molecular weight is 416 g/mol. The number of pyridine rings is 1. The Morgan fingerprint density at radius 1 is 1.06 bits per heavy atom. The highest BCUT2D eigenvalue weighted by atomic mass is 16.5. The molecule has 0 radical (unpaired) electrons. The van der Waals surface area contributed by atoms with Crippen molar-refractivity contribution >= 4 is 17.6 Å². The summed E-state index contributed by atoms with van der Waals surface area (Å²) in [5.41, 5.74) is 0.382. The maximum absolute atomic E-state index is 12.5. The van der Waals surface area contributed by atoms with E-state index in [0.717, 1.165) is 25.2 Å². The van der Waals surface area contributed by atoms with Crippen molar-refractivity contribution in [3.63, 3.8) is 0 Å². The van der Waals surface area contributed by atoms with Gasteiger partial charge in [-0.25, -0.2) is 14.8 Å². The molecule has 9 heteroatoms. The Morgan fingerprint density at radius 2 is 1.97 bits per heavy atom. The van der Waals surface area contributed by atoms with Gasteiger partial charge in [0, 0.05) is 25.0 Å². The van der Waals surface area contributed by atoms with E-state index >= 15 is 0 Å². The van der Waals surface area contributed by atoms with Crippen LogP contribution < -0.4 is 9.64 Å². The summed E-state index contributed by atoms with van der Waals surface area (Å²) in [5.74, 6) is 2.13. The topological polar surface area (TPSA) is 94.7 Å². The van der Waals surface area contributed by atoms with E-state index in [9.17, 15) is 4.79 Å². The van der Waals surface area contributed by atoms with Crippen LogP contribution in [0.3, 0.4) is 0 Å². The van der Waals surface area contributed by atoms with Crippen LogP contribution in [0.5, 0.6) is 11.6 Å². The molecule has 1 atom stereocenters. The number of ether oxygens (including phenoxy) is 2. The minimum Gasteiger partial charge on any atom is -0.460 e. The second-order valence-electron chi connectivity index (χ2n) is 7.16. The quantitative estimate of drug-likeness (QED) is 0.443. The summed E-state index contributed by atoms with van der Waals surface area (Å²) < 4.78 is 13.0. The molecule has 1 aliphatic heterocycles. The number of hydrogen-bond donors (Lipinski definition) is 0. The van der Waals surface area contributed by atoms with Gasteiger partial charge in [-0.1, -0.05) is 18.2 Å². The van der Waals surface area contributed by atoms with Crippen LogP contribution in [0.4, 0.5) is 5.82 Å². The second-order valence-corrected chi connectivity index (χ2v) is 7.16. The fourth-order valence-electron chi connectivity index (χ4n) is 3.68. The van der Waals surface area contributed by atoms with Crippen molar-refractivity contribution in [2.75, 3.05) is 18.1 Å². The second kappa shape index (κ2) is 8.39. The first kappa shape index (κ1) is 19.0. The highest BCUT2D eigenvalue weighted by molar-refractivity contribution is 5.89. The van der Waals surface area contributed by atoms with Gasteiger partial charge in [0.05, 0.1) is 11.6 Å². The van der Waals surface area contributed by atoms with Crippen LogP contribution >= 0.6 is 0 Å². The molecule has 0 N–H and O–H groups in total. The summed E-state index contributed by atoms with van der Waals surface area (Å²) >= 11 is 0. The van der Waals surface area contributed by atoms with E-state index in [0.29, 0.717) is 23.0 Å². The third-order valence-electron chi connectivity index (χ3n) is 5.18. The Kier molecular flexibility index (Phi) is 5.14. The number of rotatable bonds is 6. The minimum absolute atomic E-state index is 0.0624. The van der Waals surface area contributed by atoms with Crippen molar-refractivity contribution < 1.29 is 14.3 Å². The Bertz CT molecular complexity index is 1180. The lowest BCUT2D eigenvalue weighted by atomic mass is 10.2. The molecule has 1 fully saturated rings. The summed E-state index contributed by atoms with van der Waals surface area (Å²) in [6.45, 7) is 1.13.